The number of nitrogens with zero attached hydrogens (tertiary/aromatic N) is 1. The lowest BCUT2D eigenvalue weighted by Crippen LogP contribution is -2.51. The van der Waals surface area contributed by atoms with Crippen LogP contribution in [0.4, 0.5) is 0 Å². The molecule has 2 nitrogen and oxygen atoms in total. The highest BCUT2D eigenvalue weighted by atomic mass is 15.2. The Morgan fingerprint density at radius 1 is 1.43 bits per heavy atom. The molecule has 0 aliphatic carbocycles. The molecular weight excluding hydrogens is 172 g/mol. The van der Waals surface area contributed by atoms with E-state index in [0.717, 1.165) is 6.42 Å². The Balaban J connectivity index is 2.38. The fourth-order valence-corrected chi connectivity index (χ4v) is 2.19. The van der Waals surface area contributed by atoms with Crippen molar-refractivity contribution >= 4 is 0 Å². The minimum atomic E-state index is 0.406. The average molecular weight is 196 g/mol. The van der Waals surface area contributed by atoms with Crippen LogP contribution >= 0.6 is 0 Å². The van der Waals surface area contributed by atoms with Crippen LogP contribution in [0.25, 0.3) is 0 Å². The van der Waals surface area contributed by atoms with Crippen LogP contribution in [0.3, 0.4) is 0 Å². The van der Waals surface area contributed by atoms with Crippen LogP contribution in [0.1, 0.15) is 33.6 Å². The summed E-state index contributed by atoms with van der Waals surface area (Å²) in [6, 6.07) is 1.05. The van der Waals surface area contributed by atoms with Gasteiger partial charge in [-0.2, -0.15) is 0 Å². The summed E-state index contributed by atoms with van der Waals surface area (Å²) in [4.78, 5) is 2.56. The van der Waals surface area contributed by atoms with Crippen molar-refractivity contribution in [3.63, 3.8) is 0 Å². The van der Waals surface area contributed by atoms with Crippen molar-refractivity contribution in [3.8, 4) is 0 Å². The quantitative estimate of drug-likeness (QED) is 0.700. The van der Waals surface area contributed by atoms with Crippen LogP contribution < -0.4 is 5.73 Å². The average Bonchev–Trinajstić information content (AvgIpc) is 2.18. The SMILES string of the molecule is C/C=C/CCN1CCC(N)C(C)C1C. The zero-order valence-electron chi connectivity index (χ0n) is 9.74. The summed E-state index contributed by atoms with van der Waals surface area (Å²) >= 11 is 0. The first-order chi connectivity index (χ1) is 6.66. The Morgan fingerprint density at radius 2 is 2.14 bits per heavy atom. The van der Waals surface area contributed by atoms with Gasteiger partial charge in [-0.1, -0.05) is 19.1 Å². The summed E-state index contributed by atoms with van der Waals surface area (Å²) in [5.41, 5.74) is 6.05. The van der Waals surface area contributed by atoms with Crippen molar-refractivity contribution in [3.05, 3.63) is 12.2 Å². The van der Waals surface area contributed by atoms with Crippen LogP contribution in [0.15, 0.2) is 12.2 Å². The highest BCUT2D eigenvalue weighted by Gasteiger charge is 2.29. The first-order valence-corrected chi connectivity index (χ1v) is 5.77. The van der Waals surface area contributed by atoms with Gasteiger partial charge in [0.2, 0.25) is 0 Å². The molecule has 0 aromatic rings. The minimum absolute atomic E-state index is 0.406. The van der Waals surface area contributed by atoms with E-state index in [1.807, 2.05) is 0 Å². The lowest BCUT2D eigenvalue weighted by atomic mass is 9.87. The first kappa shape index (κ1) is 11.7. The summed E-state index contributed by atoms with van der Waals surface area (Å²) in [6.45, 7) is 9.02. The van der Waals surface area contributed by atoms with E-state index in [1.165, 1.54) is 19.5 Å². The van der Waals surface area contributed by atoms with Crippen molar-refractivity contribution in [2.45, 2.75) is 45.7 Å². The Kier molecular flexibility index (Phi) is 4.63. The van der Waals surface area contributed by atoms with Crippen LogP contribution in [-0.4, -0.2) is 30.1 Å². The van der Waals surface area contributed by atoms with Crippen molar-refractivity contribution in [1.29, 1.82) is 0 Å². The number of piperidine rings is 1. The van der Waals surface area contributed by atoms with Crippen molar-refractivity contribution in [2.24, 2.45) is 11.7 Å². The molecular formula is C12H24N2. The van der Waals surface area contributed by atoms with Crippen molar-refractivity contribution in [1.82, 2.24) is 4.90 Å². The molecule has 0 aromatic carbocycles. The van der Waals surface area contributed by atoms with E-state index in [-0.39, 0.29) is 0 Å². The fraction of sp³-hybridized carbons (Fsp3) is 0.833. The molecule has 1 saturated heterocycles. The molecule has 2 N–H and O–H groups in total. The van der Waals surface area contributed by atoms with E-state index >= 15 is 0 Å². The van der Waals surface area contributed by atoms with Crippen molar-refractivity contribution in [2.75, 3.05) is 13.1 Å². The number of allylic oxidation sites excluding steroid dienone is 1. The largest absolute Gasteiger partial charge is 0.327 e. The van der Waals surface area contributed by atoms with Crippen LogP contribution in [-0.2, 0) is 0 Å². The van der Waals surface area contributed by atoms with Gasteiger partial charge >= 0.3 is 0 Å². The highest BCUT2D eigenvalue weighted by Crippen LogP contribution is 2.22. The maximum absolute atomic E-state index is 6.05. The Morgan fingerprint density at radius 3 is 2.79 bits per heavy atom. The molecule has 82 valence electrons. The van der Waals surface area contributed by atoms with E-state index in [2.05, 4.69) is 37.8 Å². The first-order valence-electron chi connectivity index (χ1n) is 5.77. The lowest BCUT2D eigenvalue weighted by Gasteiger charge is -2.41. The molecule has 0 radical (unpaired) electrons. The maximum Gasteiger partial charge on any atom is 0.0107 e. The molecule has 14 heavy (non-hydrogen) atoms. The summed E-state index contributed by atoms with van der Waals surface area (Å²) in [6.07, 6.45) is 6.69. The molecule has 1 aliphatic rings. The third kappa shape index (κ3) is 2.82. The predicted molar refractivity (Wildman–Crippen MR) is 62.2 cm³/mol. The van der Waals surface area contributed by atoms with E-state index in [4.69, 9.17) is 5.73 Å². The second-order valence-corrected chi connectivity index (χ2v) is 4.45. The molecule has 1 rings (SSSR count). The second kappa shape index (κ2) is 5.52. The van der Waals surface area contributed by atoms with Gasteiger partial charge in [-0.25, -0.2) is 0 Å². The van der Waals surface area contributed by atoms with E-state index in [1.54, 1.807) is 0 Å². The van der Waals surface area contributed by atoms with Gasteiger partial charge < -0.3 is 5.73 Å². The van der Waals surface area contributed by atoms with Gasteiger partial charge in [0.1, 0.15) is 0 Å². The minimum Gasteiger partial charge on any atom is -0.327 e. The molecule has 0 saturated carbocycles. The zero-order valence-corrected chi connectivity index (χ0v) is 9.74. The van der Waals surface area contributed by atoms with E-state index in [9.17, 15) is 0 Å². The molecule has 0 bridgehead atoms. The molecule has 0 amide bonds. The normalized spacial score (nSPS) is 35.3. The number of hydrogen-bond acceptors (Lipinski definition) is 2. The van der Waals surface area contributed by atoms with Gasteiger partial charge in [0, 0.05) is 18.6 Å². The highest BCUT2D eigenvalue weighted by molar-refractivity contribution is 4.88. The summed E-state index contributed by atoms with van der Waals surface area (Å²) in [5, 5.41) is 0. The van der Waals surface area contributed by atoms with Gasteiger partial charge in [-0.05, 0) is 39.2 Å². The summed E-state index contributed by atoms with van der Waals surface area (Å²) in [5.74, 6) is 0.634. The standard InChI is InChI=1S/C12H24N2/c1-4-5-6-8-14-9-7-12(13)10(2)11(14)3/h4-5,10-12H,6-9,13H2,1-3H3/b5-4+. The number of likely N-dealkylation sites (tertiary alicyclic amines) is 1. The Hall–Kier alpha value is -0.340. The number of nitrogens with two attached hydrogens (primary N) is 1. The molecule has 1 aliphatic heterocycles. The molecule has 0 spiro atoms. The summed E-state index contributed by atoms with van der Waals surface area (Å²) in [7, 11) is 0. The summed E-state index contributed by atoms with van der Waals surface area (Å²) < 4.78 is 0. The predicted octanol–water partition coefficient (Wildman–Crippen LogP) is 2.01. The Labute approximate surface area is 88.2 Å². The third-order valence-corrected chi connectivity index (χ3v) is 3.58. The molecule has 3 atom stereocenters. The number of rotatable bonds is 3. The fourth-order valence-electron chi connectivity index (χ4n) is 2.19. The Bertz CT molecular complexity index is 189. The lowest BCUT2D eigenvalue weighted by molar-refractivity contribution is 0.0999. The van der Waals surface area contributed by atoms with Crippen molar-refractivity contribution < 1.29 is 0 Å². The van der Waals surface area contributed by atoms with Crippen LogP contribution in [0, 0.1) is 5.92 Å². The molecule has 0 aromatic heterocycles. The third-order valence-electron chi connectivity index (χ3n) is 3.58. The van der Waals surface area contributed by atoms with Gasteiger partial charge in [0.15, 0.2) is 0 Å². The van der Waals surface area contributed by atoms with Gasteiger partial charge in [0.25, 0.3) is 0 Å². The topological polar surface area (TPSA) is 29.3 Å². The molecule has 1 fully saturated rings. The van der Waals surface area contributed by atoms with Gasteiger partial charge in [0.05, 0.1) is 0 Å². The monoisotopic (exact) mass is 196 g/mol. The van der Waals surface area contributed by atoms with Crippen LogP contribution in [0.2, 0.25) is 0 Å². The molecule has 1 heterocycles. The van der Waals surface area contributed by atoms with Crippen LogP contribution in [0.5, 0.6) is 0 Å². The van der Waals surface area contributed by atoms with E-state index in [0.29, 0.717) is 18.0 Å². The zero-order chi connectivity index (χ0) is 10.6. The second-order valence-electron chi connectivity index (χ2n) is 4.45. The maximum atomic E-state index is 6.05. The molecule has 2 heteroatoms. The smallest absolute Gasteiger partial charge is 0.0107 e. The van der Waals surface area contributed by atoms with E-state index < -0.39 is 0 Å². The van der Waals surface area contributed by atoms with Gasteiger partial charge in [-0.3, -0.25) is 4.90 Å². The molecule has 3 unspecified atom stereocenters. The van der Waals surface area contributed by atoms with Gasteiger partial charge in [-0.15, -0.1) is 0 Å². The number of hydrogen-bond donors (Lipinski definition) is 1.